The summed E-state index contributed by atoms with van der Waals surface area (Å²) in [6, 6.07) is 14.7. The number of aromatic nitrogens is 2. The van der Waals surface area contributed by atoms with Crippen LogP contribution in [0, 0.1) is 0 Å². The smallest absolute Gasteiger partial charge is 0.406 e. The van der Waals surface area contributed by atoms with Crippen LogP contribution in [0.4, 0.5) is 13.2 Å². The maximum absolute atomic E-state index is 12.4. The van der Waals surface area contributed by atoms with Gasteiger partial charge in [0.1, 0.15) is 11.6 Å². The molecule has 0 bridgehead atoms. The van der Waals surface area contributed by atoms with Gasteiger partial charge in [-0.3, -0.25) is 4.79 Å². The third kappa shape index (κ3) is 5.84. The van der Waals surface area contributed by atoms with Crippen LogP contribution in [0.5, 0.6) is 5.75 Å². The van der Waals surface area contributed by atoms with E-state index in [0.29, 0.717) is 17.8 Å². The van der Waals surface area contributed by atoms with Crippen molar-refractivity contribution in [2.75, 3.05) is 0 Å². The fourth-order valence-electron chi connectivity index (χ4n) is 2.88. The molecule has 0 aliphatic carbocycles. The number of halogens is 3. The first-order valence-electron chi connectivity index (χ1n) is 9.08. The summed E-state index contributed by atoms with van der Waals surface area (Å²) in [5.41, 5.74) is 2.43. The standard InChI is InChI=1S/C21H20F3N3O2/c1-2-17(20-25-13-18(27-20)15-6-4-3-5-7-15)26-19(28)12-14-8-10-16(11-9-14)29-21(22,23)24/h3-11,13,17H,2,12H2,1H3,(H,25,27)(H,26,28). The molecule has 0 spiro atoms. The lowest BCUT2D eigenvalue weighted by Crippen LogP contribution is -2.30. The van der Waals surface area contributed by atoms with Crippen LogP contribution in [0.15, 0.2) is 60.8 Å². The fraction of sp³-hybridized carbons (Fsp3) is 0.238. The zero-order valence-corrected chi connectivity index (χ0v) is 15.7. The molecule has 5 nitrogen and oxygen atoms in total. The van der Waals surface area contributed by atoms with Crippen molar-refractivity contribution in [2.45, 2.75) is 32.2 Å². The van der Waals surface area contributed by atoms with Crippen LogP contribution in [0.1, 0.15) is 30.8 Å². The lowest BCUT2D eigenvalue weighted by molar-refractivity contribution is -0.274. The van der Waals surface area contributed by atoms with Crippen molar-refractivity contribution < 1.29 is 22.7 Å². The van der Waals surface area contributed by atoms with Gasteiger partial charge in [-0.25, -0.2) is 4.98 Å². The fourth-order valence-corrected chi connectivity index (χ4v) is 2.88. The monoisotopic (exact) mass is 403 g/mol. The van der Waals surface area contributed by atoms with Crippen LogP contribution < -0.4 is 10.1 Å². The molecule has 8 heteroatoms. The van der Waals surface area contributed by atoms with Crippen molar-refractivity contribution in [3.05, 3.63) is 72.2 Å². The minimum atomic E-state index is -4.74. The van der Waals surface area contributed by atoms with E-state index in [4.69, 9.17) is 0 Å². The first-order valence-corrected chi connectivity index (χ1v) is 9.08. The molecule has 1 atom stereocenters. The number of benzene rings is 2. The number of nitrogens with one attached hydrogen (secondary N) is 2. The molecule has 1 aromatic heterocycles. The van der Waals surface area contributed by atoms with E-state index in [2.05, 4.69) is 20.0 Å². The summed E-state index contributed by atoms with van der Waals surface area (Å²) in [5, 5.41) is 2.91. The maximum atomic E-state index is 12.4. The number of ether oxygens (including phenoxy) is 1. The Labute approximate surface area is 165 Å². The number of nitrogens with zero attached hydrogens (tertiary/aromatic N) is 1. The molecule has 0 saturated heterocycles. The normalized spacial score (nSPS) is 12.4. The Kier molecular flexibility index (Phi) is 6.21. The van der Waals surface area contributed by atoms with Gasteiger partial charge in [0.25, 0.3) is 0 Å². The summed E-state index contributed by atoms with van der Waals surface area (Å²) in [7, 11) is 0. The van der Waals surface area contributed by atoms with E-state index in [1.165, 1.54) is 24.3 Å². The Balaban J connectivity index is 1.61. The Morgan fingerprint density at radius 2 is 1.83 bits per heavy atom. The molecule has 0 fully saturated rings. The van der Waals surface area contributed by atoms with E-state index in [-0.39, 0.29) is 24.1 Å². The molecule has 0 saturated carbocycles. The van der Waals surface area contributed by atoms with Crippen molar-refractivity contribution >= 4 is 5.91 Å². The van der Waals surface area contributed by atoms with Crippen molar-refractivity contribution in [3.8, 4) is 17.0 Å². The van der Waals surface area contributed by atoms with Crippen LogP contribution in [0.2, 0.25) is 0 Å². The third-order valence-corrected chi connectivity index (χ3v) is 4.28. The van der Waals surface area contributed by atoms with Gasteiger partial charge in [0.15, 0.2) is 0 Å². The number of alkyl halides is 3. The topological polar surface area (TPSA) is 67.0 Å². The molecule has 0 radical (unpaired) electrons. The highest BCUT2D eigenvalue weighted by molar-refractivity contribution is 5.79. The molecule has 3 aromatic rings. The molecule has 152 valence electrons. The summed E-state index contributed by atoms with van der Waals surface area (Å²) >= 11 is 0. The second-order valence-electron chi connectivity index (χ2n) is 6.45. The quantitative estimate of drug-likeness (QED) is 0.596. The molecule has 0 aliphatic rings. The Bertz CT molecular complexity index is 938. The lowest BCUT2D eigenvalue weighted by atomic mass is 10.1. The molecule has 0 aliphatic heterocycles. The number of carbonyl (C=O) groups excluding carboxylic acids is 1. The zero-order valence-electron chi connectivity index (χ0n) is 15.7. The number of hydrogen-bond donors (Lipinski definition) is 2. The van der Waals surface area contributed by atoms with Gasteiger partial charge < -0.3 is 15.0 Å². The van der Waals surface area contributed by atoms with Crippen LogP contribution in [0.3, 0.4) is 0 Å². The Hall–Kier alpha value is -3.29. The van der Waals surface area contributed by atoms with Gasteiger partial charge in [0, 0.05) is 0 Å². The lowest BCUT2D eigenvalue weighted by Gasteiger charge is -2.15. The van der Waals surface area contributed by atoms with E-state index in [1.54, 1.807) is 6.20 Å². The van der Waals surface area contributed by atoms with Crippen LogP contribution in [-0.2, 0) is 11.2 Å². The highest BCUT2D eigenvalue weighted by Crippen LogP contribution is 2.23. The predicted octanol–water partition coefficient (Wildman–Crippen LogP) is 4.79. The number of H-pyrrole nitrogens is 1. The Morgan fingerprint density at radius 3 is 2.45 bits per heavy atom. The van der Waals surface area contributed by atoms with Gasteiger partial charge in [-0.15, -0.1) is 13.2 Å². The summed E-state index contributed by atoms with van der Waals surface area (Å²) in [5.74, 6) is 0.0738. The first kappa shape index (κ1) is 20.4. The average molecular weight is 403 g/mol. The number of rotatable bonds is 7. The highest BCUT2D eigenvalue weighted by atomic mass is 19.4. The SMILES string of the molecule is CCC(NC(=O)Cc1ccc(OC(F)(F)F)cc1)c1ncc(-c2ccccc2)[nH]1. The van der Waals surface area contributed by atoms with E-state index >= 15 is 0 Å². The van der Waals surface area contributed by atoms with Gasteiger partial charge in [0.2, 0.25) is 5.91 Å². The summed E-state index contributed by atoms with van der Waals surface area (Å²) in [6.45, 7) is 1.93. The molecule has 1 unspecified atom stereocenters. The van der Waals surface area contributed by atoms with E-state index in [0.717, 1.165) is 11.3 Å². The molecular formula is C21H20F3N3O2. The predicted molar refractivity (Wildman–Crippen MR) is 102 cm³/mol. The third-order valence-electron chi connectivity index (χ3n) is 4.28. The molecule has 2 N–H and O–H groups in total. The van der Waals surface area contributed by atoms with Gasteiger partial charge >= 0.3 is 6.36 Å². The minimum Gasteiger partial charge on any atom is -0.406 e. The largest absolute Gasteiger partial charge is 0.573 e. The number of aromatic amines is 1. The zero-order chi connectivity index (χ0) is 20.9. The van der Waals surface area contributed by atoms with Crippen LogP contribution in [-0.4, -0.2) is 22.2 Å². The van der Waals surface area contributed by atoms with Crippen molar-refractivity contribution in [1.82, 2.24) is 15.3 Å². The second kappa shape index (κ2) is 8.81. The summed E-state index contributed by atoms with van der Waals surface area (Å²) in [4.78, 5) is 20.0. The molecule has 3 rings (SSSR count). The van der Waals surface area contributed by atoms with Crippen molar-refractivity contribution in [3.63, 3.8) is 0 Å². The first-order chi connectivity index (χ1) is 13.8. The molecule has 2 aromatic carbocycles. The Morgan fingerprint density at radius 1 is 1.14 bits per heavy atom. The number of carbonyl (C=O) groups is 1. The average Bonchev–Trinajstić information content (AvgIpc) is 3.17. The van der Waals surface area contributed by atoms with E-state index in [9.17, 15) is 18.0 Å². The molecule has 1 heterocycles. The molecule has 29 heavy (non-hydrogen) atoms. The highest BCUT2D eigenvalue weighted by Gasteiger charge is 2.31. The van der Waals surface area contributed by atoms with Crippen molar-refractivity contribution in [2.24, 2.45) is 0 Å². The maximum Gasteiger partial charge on any atom is 0.573 e. The van der Waals surface area contributed by atoms with Crippen molar-refractivity contribution in [1.29, 1.82) is 0 Å². The van der Waals surface area contributed by atoms with Gasteiger partial charge in [-0.2, -0.15) is 0 Å². The van der Waals surface area contributed by atoms with Gasteiger partial charge in [-0.05, 0) is 29.7 Å². The molecular weight excluding hydrogens is 383 g/mol. The molecule has 1 amide bonds. The van der Waals surface area contributed by atoms with Gasteiger partial charge in [-0.1, -0.05) is 49.4 Å². The van der Waals surface area contributed by atoms with Crippen LogP contribution in [0.25, 0.3) is 11.3 Å². The number of amides is 1. The van der Waals surface area contributed by atoms with E-state index < -0.39 is 6.36 Å². The minimum absolute atomic E-state index is 0.0368. The number of imidazole rings is 1. The summed E-state index contributed by atoms with van der Waals surface area (Å²) in [6.07, 6.45) is -2.35. The van der Waals surface area contributed by atoms with Crippen LogP contribution >= 0.6 is 0 Å². The van der Waals surface area contributed by atoms with Gasteiger partial charge in [0.05, 0.1) is 24.4 Å². The second-order valence-corrected chi connectivity index (χ2v) is 6.45. The number of hydrogen-bond acceptors (Lipinski definition) is 3. The van der Waals surface area contributed by atoms with E-state index in [1.807, 2.05) is 37.3 Å². The summed E-state index contributed by atoms with van der Waals surface area (Å²) < 4.78 is 40.5.